The van der Waals surface area contributed by atoms with E-state index in [2.05, 4.69) is 10.1 Å². The predicted molar refractivity (Wildman–Crippen MR) is 105 cm³/mol. The number of fused-ring (bicyclic) bond motifs is 3. The van der Waals surface area contributed by atoms with E-state index in [1.807, 2.05) is 21.9 Å². The molecule has 1 amide bonds. The molecule has 1 aliphatic carbocycles. The zero-order chi connectivity index (χ0) is 19.7. The Kier molecular flexibility index (Phi) is 3.33. The van der Waals surface area contributed by atoms with Crippen molar-refractivity contribution in [2.75, 3.05) is 31.1 Å². The first kappa shape index (κ1) is 16.6. The summed E-state index contributed by atoms with van der Waals surface area (Å²) in [6.45, 7) is 2.82. The van der Waals surface area contributed by atoms with Crippen LogP contribution in [-0.4, -0.2) is 56.2 Å². The molecule has 2 atom stereocenters. The van der Waals surface area contributed by atoms with Crippen molar-refractivity contribution in [3.8, 4) is 5.75 Å². The van der Waals surface area contributed by atoms with E-state index in [9.17, 15) is 9.59 Å². The van der Waals surface area contributed by atoms with Gasteiger partial charge in [0.2, 0.25) is 0 Å². The van der Waals surface area contributed by atoms with Gasteiger partial charge in [0.1, 0.15) is 6.61 Å². The average molecular weight is 392 g/mol. The maximum Gasteiger partial charge on any atom is 0.350 e. The van der Waals surface area contributed by atoms with Crippen LogP contribution in [0, 0.1) is 11.8 Å². The summed E-state index contributed by atoms with van der Waals surface area (Å²) in [5, 5.41) is 4.25. The number of hydrogen-bond acceptors (Lipinski definition) is 6. The molecule has 9 heteroatoms. The standard InChI is InChI=1S/C20H20N6O3/c1-23-20(28)26-3-2-15(8-17(26)22-23)25-4-5-29-16-7-12(9-21-18(16)25)19(27)24-10-13-6-14(13)11-24/h2-3,7-9,13-14H,4-6,10-11H2,1H3. The smallest absolute Gasteiger partial charge is 0.350 e. The number of piperidine rings is 1. The largest absolute Gasteiger partial charge is 0.488 e. The van der Waals surface area contributed by atoms with E-state index in [4.69, 9.17) is 4.74 Å². The molecular weight excluding hydrogens is 372 g/mol. The van der Waals surface area contributed by atoms with Gasteiger partial charge in [-0.3, -0.25) is 9.20 Å². The van der Waals surface area contributed by atoms with Crippen molar-refractivity contribution in [1.82, 2.24) is 24.1 Å². The first-order valence-electron chi connectivity index (χ1n) is 9.83. The molecule has 5 heterocycles. The van der Waals surface area contributed by atoms with Gasteiger partial charge in [-0.1, -0.05) is 0 Å². The van der Waals surface area contributed by atoms with E-state index < -0.39 is 0 Å². The molecule has 0 radical (unpaired) electrons. The van der Waals surface area contributed by atoms with Crippen molar-refractivity contribution < 1.29 is 9.53 Å². The molecule has 148 valence electrons. The van der Waals surface area contributed by atoms with Crippen molar-refractivity contribution in [2.45, 2.75) is 6.42 Å². The Morgan fingerprint density at radius 2 is 2.07 bits per heavy atom. The Bertz CT molecular complexity index is 1200. The van der Waals surface area contributed by atoms with Crippen LogP contribution in [0.25, 0.3) is 5.65 Å². The summed E-state index contributed by atoms with van der Waals surface area (Å²) in [4.78, 5) is 33.3. The van der Waals surface area contributed by atoms with Crippen LogP contribution < -0.4 is 15.3 Å². The maximum absolute atomic E-state index is 12.8. The third kappa shape index (κ3) is 2.53. The summed E-state index contributed by atoms with van der Waals surface area (Å²) < 4.78 is 8.63. The number of amides is 1. The van der Waals surface area contributed by atoms with Gasteiger partial charge in [0, 0.05) is 44.3 Å². The molecule has 3 aromatic rings. The molecule has 1 saturated heterocycles. The number of rotatable bonds is 2. The third-order valence-corrected chi connectivity index (χ3v) is 6.14. The number of carbonyl (C=O) groups excluding carboxylic acids is 1. The monoisotopic (exact) mass is 392 g/mol. The van der Waals surface area contributed by atoms with Gasteiger partial charge >= 0.3 is 5.69 Å². The number of aromatic nitrogens is 4. The maximum atomic E-state index is 12.8. The van der Waals surface area contributed by atoms with Gasteiger partial charge in [-0.05, 0) is 30.4 Å². The lowest BCUT2D eigenvalue weighted by atomic mass is 10.2. The van der Waals surface area contributed by atoms with E-state index in [1.165, 1.54) is 15.5 Å². The number of aryl methyl sites for hydroxylation is 1. The number of hydrogen-bond donors (Lipinski definition) is 0. The van der Waals surface area contributed by atoms with Crippen LogP contribution in [0.1, 0.15) is 16.8 Å². The number of carbonyl (C=O) groups is 1. The molecule has 0 aromatic carbocycles. The summed E-state index contributed by atoms with van der Waals surface area (Å²) in [5.74, 6) is 2.70. The molecule has 2 fully saturated rings. The number of ether oxygens (including phenoxy) is 1. The molecule has 3 aliphatic rings. The molecular formula is C20H20N6O3. The lowest BCUT2D eigenvalue weighted by Gasteiger charge is -2.30. The number of likely N-dealkylation sites (tertiary alicyclic amines) is 1. The summed E-state index contributed by atoms with van der Waals surface area (Å²) in [5.41, 5.74) is 1.83. The van der Waals surface area contributed by atoms with Gasteiger partial charge in [0.15, 0.2) is 17.2 Å². The van der Waals surface area contributed by atoms with Gasteiger partial charge in [0.05, 0.1) is 12.1 Å². The highest BCUT2D eigenvalue weighted by molar-refractivity contribution is 5.95. The van der Waals surface area contributed by atoms with Crippen LogP contribution in [0.2, 0.25) is 0 Å². The molecule has 0 spiro atoms. The molecule has 6 rings (SSSR count). The summed E-state index contributed by atoms with van der Waals surface area (Å²) in [7, 11) is 1.63. The molecule has 2 unspecified atom stereocenters. The van der Waals surface area contributed by atoms with Crippen LogP contribution in [0.4, 0.5) is 11.5 Å². The summed E-state index contributed by atoms with van der Waals surface area (Å²) >= 11 is 0. The first-order chi connectivity index (χ1) is 14.1. The van der Waals surface area contributed by atoms with E-state index >= 15 is 0 Å². The topological polar surface area (TPSA) is 85.0 Å². The second-order valence-electron chi connectivity index (χ2n) is 8.03. The van der Waals surface area contributed by atoms with Crippen molar-refractivity contribution in [1.29, 1.82) is 0 Å². The second-order valence-corrected chi connectivity index (χ2v) is 8.03. The fourth-order valence-corrected chi connectivity index (χ4v) is 4.45. The van der Waals surface area contributed by atoms with E-state index in [0.29, 0.717) is 47.8 Å². The lowest BCUT2D eigenvalue weighted by Crippen LogP contribution is -2.32. The number of nitrogens with zero attached hydrogens (tertiary/aromatic N) is 6. The van der Waals surface area contributed by atoms with E-state index in [1.54, 1.807) is 25.5 Å². The Morgan fingerprint density at radius 3 is 2.90 bits per heavy atom. The molecule has 0 bridgehead atoms. The molecule has 1 saturated carbocycles. The minimum atomic E-state index is -0.185. The SMILES string of the molecule is Cn1nc2cc(N3CCOc4cc(C(=O)N5CC6CC6C5)cnc43)ccn2c1=O. The van der Waals surface area contributed by atoms with Crippen LogP contribution in [-0.2, 0) is 7.05 Å². The van der Waals surface area contributed by atoms with Gasteiger partial charge in [-0.25, -0.2) is 14.5 Å². The van der Waals surface area contributed by atoms with Crippen molar-refractivity contribution >= 4 is 23.1 Å². The van der Waals surface area contributed by atoms with E-state index in [0.717, 1.165) is 18.8 Å². The highest BCUT2D eigenvalue weighted by Gasteiger charge is 2.46. The summed E-state index contributed by atoms with van der Waals surface area (Å²) in [6, 6.07) is 5.51. The molecule has 29 heavy (non-hydrogen) atoms. The quantitative estimate of drug-likeness (QED) is 0.648. The summed E-state index contributed by atoms with van der Waals surface area (Å²) in [6.07, 6.45) is 4.61. The van der Waals surface area contributed by atoms with Crippen LogP contribution in [0.15, 0.2) is 35.4 Å². The zero-order valence-corrected chi connectivity index (χ0v) is 16.0. The predicted octanol–water partition coefficient (Wildman–Crippen LogP) is 1.05. The Balaban J connectivity index is 1.33. The average Bonchev–Trinajstić information content (AvgIpc) is 3.25. The molecule has 0 N–H and O–H groups in total. The normalized spacial score (nSPS) is 22.4. The minimum Gasteiger partial charge on any atom is -0.488 e. The molecule has 9 nitrogen and oxygen atoms in total. The van der Waals surface area contributed by atoms with Crippen LogP contribution in [0.3, 0.4) is 0 Å². The second kappa shape index (κ2) is 5.82. The van der Waals surface area contributed by atoms with Gasteiger partial charge in [-0.15, -0.1) is 0 Å². The minimum absolute atomic E-state index is 0.0301. The third-order valence-electron chi connectivity index (χ3n) is 6.14. The first-order valence-corrected chi connectivity index (χ1v) is 9.83. The van der Waals surface area contributed by atoms with Crippen LogP contribution >= 0.6 is 0 Å². The highest BCUT2D eigenvalue weighted by atomic mass is 16.5. The highest BCUT2D eigenvalue weighted by Crippen LogP contribution is 2.45. The zero-order valence-electron chi connectivity index (χ0n) is 16.0. The van der Waals surface area contributed by atoms with Gasteiger partial charge < -0.3 is 14.5 Å². The molecule has 3 aromatic heterocycles. The fourth-order valence-electron chi connectivity index (χ4n) is 4.45. The van der Waals surface area contributed by atoms with Gasteiger partial charge in [0.25, 0.3) is 5.91 Å². The number of anilines is 2. The van der Waals surface area contributed by atoms with Crippen molar-refractivity contribution in [2.24, 2.45) is 18.9 Å². The molecule has 2 aliphatic heterocycles. The van der Waals surface area contributed by atoms with Gasteiger partial charge in [-0.2, -0.15) is 5.10 Å². The van der Waals surface area contributed by atoms with Crippen molar-refractivity contribution in [3.05, 3.63) is 46.6 Å². The lowest BCUT2D eigenvalue weighted by molar-refractivity contribution is 0.0774. The fraction of sp³-hybridized carbons (Fsp3) is 0.400. The Morgan fingerprint density at radius 1 is 1.24 bits per heavy atom. The van der Waals surface area contributed by atoms with E-state index in [-0.39, 0.29) is 11.6 Å². The number of pyridine rings is 2. The Hall–Kier alpha value is -3.36. The Labute approximate surface area is 166 Å². The van der Waals surface area contributed by atoms with Crippen molar-refractivity contribution in [3.63, 3.8) is 0 Å². The van der Waals surface area contributed by atoms with Crippen LogP contribution in [0.5, 0.6) is 5.75 Å².